The first-order valence-electron chi connectivity index (χ1n) is 7.73. The first kappa shape index (κ1) is 17.0. The van der Waals surface area contributed by atoms with Crippen LogP contribution in [0.1, 0.15) is 11.3 Å². The van der Waals surface area contributed by atoms with Crippen molar-refractivity contribution in [2.45, 2.75) is 13.0 Å². The maximum absolute atomic E-state index is 11.2. The third-order valence-electron chi connectivity index (χ3n) is 3.87. The largest absolute Gasteiger partial charge is 0.497 e. The predicted molar refractivity (Wildman–Crippen MR) is 96.1 cm³/mol. The fourth-order valence-corrected chi connectivity index (χ4v) is 2.91. The third-order valence-corrected chi connectivity index (χ3v) is 4.18. The molecule has 3 rings (SSSR count). The molecule has 0 bridgehead atoms. The molecule has 3 aromatic rings. The van der Waals surface area contributed by atoms with Gasteiger partial charge in [-0.3, -0.25) is 4.79 Å². The number of hydrogen-bond acceptors (Lipinski definition) is 3. The summed E-state index contributed by atoms with van der Waals surface area (Å²) in [7, 11) is 1.61. The molecule has 0 unspecified atom stereocenters. The fourth-order valence-electron chi connectivity index (χ4n) is 2.66. The molecular formula is C19H17ClN2O3. The zero-order chi connectivity index (χ0) is 17.8. The Hall–Kier alpha value is -2.79. The van der Waals surface area contributed by atoms with Crippen molar-refractivity contribution in [1.82, 2.24) is 9.55 Å². The summed E-state index contributed by atoms with van der Waals surface area (Å²) in [5.74, 6) is 0.469. The lowest BCUT2D eigenvalue weighted by Gasteiger charge is -2.12. The minimum atomic E-state index is -0.947. The maximum Gasteiger partial charge on any atom is 0.309 e. The Morgan fingerprint density at radius 3 is 2.44 bits per heavy atom. The van der Waals surface area contributed by atoms with Crippen LogP contribution in [0.5, 0.6) is 5.75 Å². The number of halogens is 1. The summed E-state index contributed by atoms with van der Waals surface area (Å²) in [6.45, 7) is 0.469. The van der Waals surface area contributed by atoms with Crippen LogP contribution < -0.4 is 4.74 Å². The van der Waals surface area contributed by atoms with Gasteiger partial charge >= 0.3 is 5.97 Å². The minimum Gasteiger partial charge on any atom is -0.497 e. The summed E-state index contributed by atoms with van der Waals surface area (Å²) >= 11 is 6.24. The van der Waals surface area contributed by atoms with Gasteiger partial charge in [-0.15, -0.1) is 0 Å². The lowest BCUT2D eigenvalue weighted by Crippen LogP contribution is -2.11. The van der Waals surface area contributed by atoms with Gasteiger partial charge in [-0.1, -0.05) is 54.1 Å². The van der Waals surface area contributed by atoms with Crippen molar-refractivity contribution in [1.29, 1.82) is 0 Å². The van der Waals surface area contributed by atoms with E-state index in [4.69, 9.17) is 16.3 Å². The van der Waals surface area contributed by atoms with Gasteiger partial charge in [0.15, 0.2) is 5.15 Å². The van der Waals surface area contributed by atoms with Crippen LogP contribution in [0, 0.1) is 0 Å². The summed E-state index contributed by atoms with van der Waals surface area (Å²) in [6, 6.07) is 17.2. The second-order valence-electron chi connectivity index (χ2n) is 5.54. The van der Waals surface area contributed by atoms with Crippen LogP contribution >= 0.6 is 11.6 Å². The second kappa shape index (κ2) is 7.40. The van der Waals surface area contributed by atoms with E-state index in [2.05, 4.69) is 4.98 Å². The summed E-state index contributed by atoms with van der Waals surface area (Å²) in [6.07, 6.45) is -0.186. The lowest BCUT2D eigenvalue weighted by molar-refractivity contribution is -0.136. The van der Waals surface area contributed by atoms with Crippen LogP contribution in [0.15, 0.2) is 54.6 Å². The van der Waals surface area contributed by atoms with E-state index in [1.807, 2.05) is 59.2 Å². The molecule has 1 aromatic heterocycles. The minimum absolute atomic E-state index is 0.186. The van der Waals surface area contributed by atoms with E-state index < -0.39 is 5.97 Å². The Labute approximate surface area is 150 Å². The number of rotatable bonds is 6. The summed E-state index contributed by atoms with van der Waals surface area (Å²) < 4.78 is 7.03. The highest BCUT2D eigenvalue weighted by atomic mass is 35.5. The number of aromatic nitrogens is 2. The second-order valence-corrected chi connectivity index (χ2v) is 5.90. The van der Waals surface area contributed by atoms with Crippen molar-refractivity contribution in [3.8, 4) is 17.1 Å². The first-order chi connectivity index (χ1) is 12.1. The Morgan fingerprint density at radius 1 is 1.16 bits per heavy atom. The van der Waals surface area contributed by atoms with Gasteiger partial charge in [-0.25, -0.2) is 4.98 Å². The quantitative estimate of drug-likeness (QED) is 0.727. The molecule has 1 N–H and O–H groups in total. The molecule has 0 radical (unpaired) electrons. The Morgan fingerprint density at radius 2 is 1.84 bits per heavy atom. The van der Waals surface area contributed by atoms with E-state index in [-0.39, 0.29) is 11.6 Å². The Bertz CT molecular complexity index is 874. The number of carboxylic acid groups (broad SMARTS) is 1. The number of carboxylic acids is 1. The van der Waals surface area contributed by atoms with Gasteiger partial charge in [0, 0.05) is 12.1 Å². The highest BCUT2D eigenvalue weighted by Gasteiger charge is 2.19. The fraction of sp³-hybridized carbons (Fsp3) is 0.158. The Kier molecular flexibility index (Phi) is 5.05. The van der Waals surface area contributed by atoms with Crippen molar-refractivity contribution >= 4 is 17.6 Å². The number of hydrogen-bond donors (Lipinski definition) is 1. The monoisotopic (exact) mass is 356 g/mol. The van der Waals surface area contributed by atoms with Gasteiger partial charge < -0.3 is 14.4 Å². The van der Waals surface area contributed by atoms with Crippen molar-refractivity contribution in [3.05, 3.63) is 71.0 Å². The number of ether oxygens (including phenoxy) is 1. The van der Waals surface area contributed by atoms with Gasteiger partial charge in [0.25, 0.3) is 0 Å². The number of carbonyl (C=O) groups is 1. The SMILES string of the molecule is COc1ccc(Cn2c(-c3ccccc3)nc(Cl)c2CC(=O)O)cc1. The van der Waals surface area contributed by atoms with Crippen molar-refractivity contribution in [2.24, 2.45) is 0 Å². The average Bonchev–Trinajstić information content (AvgIpc) is 2.92. The smallest absolute Gasteiger partial charge is 0.309 e. The number of imidazole rings is 1. The highest BCUT2D eigenvalue weighted by molar-refractivity contribution is 6.30. The molecule has 0 fully saturated rings. The standard InChI is InChI=1S/C19H17ClN2O3/c1-25-15-9-7-13(8-10-15)12-22-16(11-17(23)24)18(20)21-19(22)14-5-3-2-4-6-14/h2-10H,11-12H2,1H3,(H,23,24). The Balaban J connectivity index is 2.05. The van der Waals surface area contributed by atoms with Gasteiger partial charge in [0.1, 0.15) is 11.6 Å². The van der Waals surface area contributed by atoms with Crippen LogP contribution in [0.25, 0.3) is 11.4 Å². The number of aliphatic carboxylic acids is 1. The zero-order valence-corrected chi connectivity index (χ0v) is 14.4. The zero-order valence-electron chi connectivity index (χ0n) is 13.6. The number of nitrogens with zero attached hydrogens (tertiary/aromatic N) is 2. The van der Waals surface area contributed by atoms with Gasteiger partial charge in [-0.2, -0.15) is 0 Å². The van der Waals surface area contributed by atoms with Crippen LogP contribution in [0.4, 0.5) is 0 Å². The molecule has 2 aromatic carbocycles. The maximum atomic E-state index is 11.2. The molecule has 0 saturated heterocycles. The van der Waals surface area contributed by atoms with Gasteiger partial charge in [0.05, 0.1) is 19.2 Å². The summed E-state index contributed by atoms with van der Waals surface area (Å²) in [4.78, 5) is 15.6. The molecule has 1 heterocycles. The molecule has 0 saturated carbocycles. The van der Waals surface area contributed by atoms with Crippen molar-refractivity contribution in [3.63, 3.8) is 0 Å². The molecule has 25 heavy (non-hydrogen) atoms. The van der Waals surface area contributed by atoms with E-state index in [1.54, 1.807) is 7.11 Å². The number of benzene rings is 2. The molecule has 0 spiro atoms. The predicted octanol–water partition coefficient (Wildman–Crippen LogP) is 3.89. The van der Waals surface area contributed by atoms with E-state index in [0.717, 1.165) is 16.9 Å². The molecular weight excluding hydrogens is 340 g/mol. The molecule has 5 nitrogen and oxygen atoms in total. The van der Waals surface area contributed by atoms with Crippen molar-refractivity contribution < 1.29 is 14.6 Å². The molecule has 0 atom stereocenters. The van der Waals surface area contributed by atoms with Crippen LogP contribution in [0.2, 0.25) is 5.15 Å². The van der Waals surface area contributed by atoms with Gasteiger partial charge in [0.2, 0.25) is 0 Å². The van der Waals surface area contributed by atoms with Crippen molar-refractivity contribution in [2.75, 3.05) is 7.11 Å². The molecule has 0 aliphatic carbocycles. The average molecular weight is 357 g/mol. The summed E-state index contributed by atoms with van der Waals surface area (Å²) in [5.41, 5.74) is 2.37. The summed E-state index contributed by atoms with van der Waals surface area (Å²) in [5, 5.41) is 9.43. The highest BCUT2D eigenvalue weighted by Crippen LogP contribution is 2.27. The van der Waals surface area contributed by atoms with E-state index in [9.17, 15) is 9.90 Å². The van der Waals surface area contributed by atoms with E-state index in [1.165, 1.54) is 0 Å². The van der Waals surface area contributed by atoms with E-state index >= 15 is 0 Å². The third kappa shape index (κ3) is 3.83. The van der Waals surface area contributed by atoms with Gasteiger partial charge in [-0.05, 0) is 17.7 Å². The lowest BCUT2D eigenvalue weighted by atomic mass is 10.1. The molecule has 128 valence electrons. The van der Waals surface area contributed by atoms with Crippen LogP contribution in [0.3, 0.4) is 0 Å². The molecule has 0 aliphatic rings. The molecule has 6 heteroatoms. The van der Waals surface area contributed by atoms with Crippen LogP contribution in [-0.4, -0.2) is 27.7 Å². The topological polar surface area (TPSA) is 64.4 Å². The molecule has 0 aliphatic heterocycles. The normalized spacial score (nSPS) is 10.6. The number of methoxy groups -OCH3 is 1. The molecule has 0 amide bonds. The van der Waals surface area contributed by atoms with Crippen LogP contribution in [-0.2, 0) is 17.8 Å². The first-order valence-corrected chi connectivity index (χ1v) is 8.11. The van der Waals surface area contributed by atoms with E-state index in [0.29, 0.717) is 18.1 Å².